The van der Waals surface area contributed by atoms with Gasteiger partial charge in [-0.25, -0.2) is 0 Å². The second-order valence-electron chi connectivity index (χ2n) is 8.12. The van der Waals surface area contributed by atoms with Gasteiger partial charge in [-0.1, -0.05) is 25.3 Å². The number of likely N-dealkylation sites (tertiary alicyclic amines) is 1. The van der Waals surface area contributed by atoms with Crippen molar-refractivity contribution in [2.75, 3.05) is 13.1 Å². The van der Waals surface area contributed by atoms with Gasteiger partial charge in [-0.3, -0.25) is 19.5 Å². The van der Waals surface area contributed by atoms with Crippen LogP contribution in [0.4, 0.5) is 0 Å². The van der Waals surface area contributed by atoms with Gasteiger partial charge in [0.05, 0.1) is 12.5 Å². The lowest BCUT2D eigenvalue weighted by Gasteiger charge is -2.34. The normalized spacial score (nSPS) is 24.4. The van der Waals surface area contributed by atoms with Crippen LogP contribution >= 0.6 is 0 Å². The number of carbonyl (C=O) groups excluding carboxylic acids is 2. The average molecular weight is 382 g/mol. The second-order valence-corrected chi connectivity index (χ2v) is 8.12. The van der Waals surface area contributed by atoms with E-state index in [-0.39, 0.29) is 11.8 Å². The SMILES string of the molecule is N#CC1(NC(=O)[CH]CC2(C(N)=O)CCCCC2)CCN(Cc2cccnc2)C1. The first kappa shape index (κ1) is 20.3. The van der Waals surface area contributed by atoms with Gasteiger partial charge in [-0.2, -0.15) is 5.26 Å². The van der Waals surface area contributed by atoms with Crippen molar-refractivity contribution in [3.8, 4) is 6.07 Å². The molecule has 7 heteroatoms. The predicted octanol–water partition coefficient (Wildman–Crippen LogP) is 1.70. The molecular weight excluding hydrogens is 354 g/mol. The van der Waals surface area contributed by atoms with E-state index >= 15 is 0 Å². The zero-order valence-electron chi connectivity index (χ0n) is 16.2. The fraction of sp³-hybridized carbons (Fsp3) is 0.571. The molecule has 0 aromatic carbocycles. The number of nitrogens with zero attached hydrogens (tertiary/aromatic N) is 3. The highest BCUT2D eigenvalue weighted by atomic mass is 16.2. The highest BCUT2D eigenvalue weighted by molar-refractivity contribution is 5.88. The van der Waals surface area contributed by atoms with Gasteiger partial charge in [0, 0.05) is 37.4 Å². The number of pyridine rings is 1. The number of carbonyl (C=O) groups is 2. The third kappa shape index (κ3) is 4.68. The van der Waals surface area contributed by atoms with E-state index in [1.807, 2.05) is 18.3 Å². The van der Waals surface area contributed by atoms with E-state index in [1.54, 1.807) is 6.20 Å². The van der Waals surface area contributed by atoms with E-state index in [2.05, 4.69) is 21.3 Å². The molecule has 2 fully saturated rings. The zero-order chi connectivity index (χ0) is 20.0. The van der Waals surface area contributed by atoms with Crippen molar-refractivity contribution in [2.45, 2.75) is 57.0 Å². The molecule has 1 saturated carbocycles. The van der Waals surface area contributed by atoms with Crippen LogP contribution in [0.5, 0.6) is 0 Å². The minimum absolute atomic E-state index is 0.295. The summed E-state index contributed by atoms with van der Waals surface area (Å²) in [6.07, 6.45) is 10.5. The Kier molecular flexibility index (Phi) is 6.30. The molecule has 0 spiro atoms. The number of hydrogen-bond acceptors (Lipinski definition) is 5. The summed E-state index contributed by atoms with van der Waals surface area (Å²) >= 11 is 0. The molecule has 1 saturated heterocycles. The maximum atomic E-state index is 12.5. The number of hydrogen-bond donors (Lipinski definition) is 2. The molecule has 3 N–H and O–H groups in total. The topological polar surface area (TPSA) is 112 Å². The molecule has 3 rings (SSSR count). The van der Waals surface area contributed by atoms with Crippen molar-refractivity contribution in [3.63, 3.8) is 0 Å². The van der Waals surface area contributed by atoms with Crippen molar-refractivity contribution in [1.29, 1.82) is 5.26 Å². The molecule has 7 nitrogen and oxygen atoms in total. The molecule has 1 unspecified atom stereocenters. The number of nitrogens with one attached hydrogen (secondary N) is 1. The zero-order valence-corrected chi connectivity index (χ0v) is 16.2. The first-order valence-electron chi connectivity index (χ1n) is 9.95. The first-order chi connectivity index (χ1) is 13.5. The van der Waals surface area contributed by atoms with Crippen LogP contribution in [0.15, 0.2) is 24.5 Å². The van der Waals surface area contributed by atoms with Gasteiger partial charge in [0.15, 0.2) is 0 Å². The van der Waals surface area contributed by atoms with Crippen molar-refractivity contribution in [2.24, 2.45) is 11.1 Å². The monoisotopic (exact) mass is 382 g/mol. The maximum Gasteiger partial charge on any atom is 0.225 e. The fourth-order valence-corrected chi connectivity index (χ4v) is 4.35. The van der Waals surface area contributed by atoms with Crippen molar-refractivity contribution in [1.82, 2.24) is 15.2 Å². The maximum absolute atomic E-state index is 12.5. The summed E-state index contributed by atoms with van der Waals surface area (Å²) in [6.45, 7) is 1.90. The number of primary amides is 1. The van der Waals surface area contributed by atoms with Crippen LogP contribution in [0.3, 0.4) is 0 Å². The van der Waals surface area contributed by atoms with Gasteiger partial charge in [0.1, 0.15) is 5.54 Å². The first-order valence-corrected chi connectivity index (χ1v) is 9.95. The molecule has 28 heavy (non-hydrogen) atoms. The highest BCUT2D eigenvalue weighted by Gasteiger charge is 2.41. The van der Waals surface area contributed by atoms with Gasteiger partial charge < -0.3 is 11.1 Å². The predicted molar refractivity (Wildman–Crippen MR) is 104 cm³/mol. The molecule has 1 radical (unpaired) electrons. The molecule has 149 valence electrons. The van der Waals surface area contributed by atoms with E-state index in [1.165, 1.54) is 6.42 Å². The summed E-state index contributed by atoms with van der Waals surface area (Å²) in [5.41, 5.74) is 5.21. The van der Waals surface area contributed by atoms with Gasteiger partial charge in [0.25, 0.3) is 0 Å². The van der Waals surface area contributed by atoms with Crippen LogP contribution in [-0.4, -0.2) is 40.3 Å². The molecule has 1 aromatic rings. The molecule has 2 aliphatic rings. The van der Waals surface area contributed by atoms with Crippen LogP contribution in [0.2, 0.25) is 0 Å². The van der Waals surface area contributed by atoms with Crippen molar-refractivity contribution in [3.05, 3.63) is 36.5 Å². The van der Waals surface area contributed by atoms with Crippen LogP contribution in [0.25, 0.3) is 0 Å². The lowest BCUT2D eigenvalue weighted by atomic mass is 9.70. The van der Waals surface area contributed by atoms with Crippen molar-refractivity contribution >= 4 is 11.8 Å². The standard InChI is InChI=1S/C21H28N5O2/c22-15-21(10-12-26(16-21)14-17-5-4-11-24-13-17)25-18(27)6-9-20(19(23)28)7-2-1-3-8-20/h4-6,11,13H,1-3,7-10,12,14,16H2,(H2,23,28)(H,25,27). The number of nitriles is 1. The smallest absolute Gasteiger partial charge is 0.225 e. The summed E-state index contributed by atoms with van der Waals surface area (Å²) in [5, 5.41) is 12.6. The van der Waals surface area contributed by atoms with Crippen LogP contribution in [-0.2, 0) is 16.1 Å². The summed E-state index contributed by atoms with van der Waals surface area (Å²) < 4.78 is 0. The van der Waals surface area contributed by atoms with Crippen LogP contribution < -0.4 is 11.1 Å². The number of aromatic nitrogens is 1. The fourth-order valence-electron chi connectivity index (χ4n) is 4.35. The minimum atomic E-state index is -0.901. The summed E-state index contributed by atoms with van der Waals surface area (Å²) in [7, 11) is 0. The largest absolute Gasteiger partial charge is 0.369 e. The quantitative estimate of drug-likeness (QED) is 0.745. The van der Waals surface area contributed by atoms with Gasteiger partial charge in [-0.05, 0) is 37.3 Å². The minimum Gasteiger partial charge on any atom is -0.369 e. The Balaban J connectivity index is 1.55. The molecule has 1 aliphatic heterocycles. The van der Waals surface area contributed by atoms with E-state index < -0.39 is 11.0 Å². The second kappa shape index (κ2) is 8.70. The van der Waals surface area contributed by atoms with Crippen LogP contribution in [0, 0.1) is 23.2 Å². The number of nitrogens with two attached hydrogens (primary N) is 1. The van der Waals surface area contributed by atoms with Gasteiger partial charge in [0.2, 0.25) is 11.8 Å². The van der Waals surface area contributed by atoms with E-state index in [0.29, 0.717) is 25.9 Å². The van der Waals surface area contributed by atoms with E-state index in [4.69, 9.17) is 5.73 Å². The third-order valence-electron chi connectivity index (χ3n) is 6.07. The molecule has 2 heterocycles. The molecule has 1 atom stereocenters. The molecule has 2 amide bonds. The van der Waals surface area contributed by atoms with E-state index in [0.717, 1.165) is 44.2 Å². The highest BCUT2D eigenvalue weighted by Crippen LogP contribution is 2.39. The summed E-state index contributed by atoms with van der Waals surface area (Å²) in [4.78, 5) is 30.8. The Morgan fingerprint density at radius 1 is 1.32 bits per heavy atom. The van der Waals surface area contributed by atoms with Gasteiger partial charge in [-0.15, -0.1) is 0 Å². The third-order valence-corrected chi connectivity index (χ3v) is 6.07. The Labute approximate surface area is 166 Å². The Morgan fingerprint density at radius 3 is 2.75 bits per heavy atom. The van der Waals surface area contributed by atoms with Gasteiger partial charge >= 0.3 is 0 Å². The summed E-state index contributed by atoms with van der Waals surface area (Å²) in [5.74, 6) is -0.620. The molecule has 1 aromatic heterocycles. The Hall–Kier alpha value is -2.46. The number of rotatable bonds is 7. The number of amides is 2. The average Bonchev–Trinajstić information content (AvgIpc) is 3.10. The Morgan fingerprint density at radius 2 is 2.11 bits per heavy atom. The lowest BCUT2D eigenvalue weighted by molar-refractivity contribution is -0.129. The van der Waals surface area contributed by atoms with Crippen molar-refractivity contribution < 1.29 is 9.59 Å². The van der Waals surface area contributed by atoms with Crippen LogP contribution in [0.1, 0.15) is 50.5 Å². The molecule has 1 aliphatic carbocycles. The lowest BCUT2D eigenvalue weighted by Crippen LogP contribution is -2.50. The summed E-state index contributed by atoms with van der Waals surface area (Å²) in [6, 6.07) is 6.18. The molecular formula is C21H28N5O2. The molecule has 0 bridgehead atoms. The van der Waals surface area contributed by atoms with E-state index in [9.17, 15) is 14.9 Å². The Bertz CT molecular complexity index is 739.